The van der Waals surface area contributed by atoms with Crippen LogP contribution in [-0.2, 0) is 0 Å². The van der Waals surface area contributed by atoms with E-state index < -0.39 is 0 Å². The maximum Gasteiger partial charge on any atom is 0.254 e. The summed E-state index contributed by atoms with van der Waals surface area (Å²) < 4.78 is 0. The molecule has 1 amide bonds. The van der Waals surface area contributed by atoms with Crippen molar-refractivity contribution in [1.82, 2.24) is 9.80 Å². The first-order valence-corrected chi connectivity index (χ1v) is 7.41. The fraction of sp³-hybridized carbons (Fsp3) is 0.562. The Balaban J connectivity index is 1.98. The minimum Gasteiger partial charge on any atom is -0.336 e. The fourth-order valence-corrected chi connectivity index (χ4v) is 2.80. The molecule has 0 spiro atoms. The van der Waals surface area contributed by atoms with E-state index in [0.29, 0.717) is 0 Å². The topological polar surface area (TPSA) is 49.6 Å². The van der Waals surface area contributed by atoms with E-state index in [1.807, 2.05) is 36.9 Å². The highest BCUT2D eigenvalue weighted by Gasteiger charge is 2.23. The van der Waals surface area contributed by atoms with Crippen molar-refractivity contribution in [2.75, 3.05) is 39.3 Å². The molecule has 1 aromatic carbocycles. The van der Waals surface area contributed by atoms with Crippen LogP contribution in [0.25, 0.3) is 0 Å². The van der Waals surface area contributed by atoms with Crippen LogP contribution in [0, 0.1) is 13.8 Å². The van der Waals surface area contributed by atoms with Gasteiger partial charge in [0.15, 0.2) is 0 Å². The summed E-state index contributed by atoms with van der Waals surface area (Å²) in [5.41, 5.74) is 8.56. The smallest absolute Gasteiger partial charge is 0.254 e. The molecule has 1 heterocycles. The van der Waals surface area contributed by atoms with Crippen molar-refractivity contribution in [3.05, 3.63) is 34.9 Å². The fourth-order valence-electron chi connectivity index (χ4n) is 2.80. The van der Waals surface area contributed by atoms with Gasteiger partial charge in [-0.1, -0.05) is 18.2 Å². The highest BCUT2D eigenvalue weighted by atomic mass is 16.2. The Hall–Kier alpha value is -1.39. The Morgan fingerprint density at radius 2 is 1.75 bits per heavy atom. The average Bonchev–Trinajstić information content (AvgIpc) is 2.45. The summed E-state index contributed by atoms with van der Waals surface area (Å²) in [5, 5.41) is 0. The SMILES string of the molecule is Cc1cccc(C)c1C(=O)N1CCN(CCCN)CC1. The Kier molecular flexibility index (Phi) is 5.15. The number of nitrogens with two attached hydrogens (primary N) is 1. The van der Waals surface area contributed by atoms with Crippen LogP contribution < -0.4 is 5.73 Å². The zero-order valence-corrected chi connectivity index (χ0v) is 12.6. The molecule has 1 aliphatic rings. The normalized spacial score (nSPS) is 16.4. The quantitative estimate of drug-likeness (QED) is 0.904. The third kappa shape index (κ3) is 3.38. The number of carbonyl (C=O) groups excluding carboxylic acids is 1. The molecule has 0 aliphatic carbocycles. The number of rotatable bonds is 4. The van der Waals surface area contributed by atoms with Crippen molar-refractivity contribution >= 4 is 5.91 Å². The van der Waals surface area contributed by atoms with Gasteiger partial charge in [-0.05, 0) is 44.5 Å². The van der Waals surface area contributed by atoms with E-state index >= 15 is 0 Å². The first kappa shape index (κ1) is 15.0. The van der Waals surface area contributed by atoms with Gasteiger partial charge in [-0.15, -0.1) is 0 Å². The van der Waals surface area contributed by atoms with Crippen molar-refractivity contribution in [3.8, 4) is 0 Å². The van der Waals surface area contributed by atoms with E-state index in [1.54, 1.807) is 0 Å². The minimum absolute atomic E-state index is 0.180. The second-order valence-electron chi connectivity index (χ2n) is 5.54. The molecule has 2 rings (SSSR count). The molecule has 0 aromatic heterocycles. The van der Waals surface area contributed by atoms with Crippen molar-refractivity contribution in [3.63, 3.8) is 0 Å². The average molecular weight is 275 g/mol. The monoisotopic (exact) mass is 275 g/mol. The number of benzene rings is 1. The number of hydrogen-bond donors (Lipinski definition) is 1. The molecule has 110 valence electrons. The summed E-state index contributed by atoms with van der Waals surface area (Å²) in [7, 11) is 0. The Labute approximate surface area is 121 Å². The maximum atomic E-state index is 12.6. The number of nitrogens with zero attached hydrogens (tertiary/aromatic N) is 2. The summed E-state index contributed by atoms with van der Waals surface area (Å²) in [5.74, 6) is 0.180. The van der Waals surface area contributed by atoms with E-state index in [4.69, 9.17) is 5.73 Å². The third-order valence-corrected chi connectivity index (χ3v) is 4.03. The molecule has 1 saturated heterocycles. The van der Waals surface area contributed by atoms with Gasteiger partial charge in [-0.25, -0.2) is 0 Å². The van der Waals surface area contributed by atoms with Gasteiger partial charge >= 0.3 is 0 Å². The van der Waals surface area contributed by atoms with Gasteiger partial charge in [0.2, 0.25) is 0 Å². The molecule has 2 N–H and O–H groups in total. The molecule has 4 nitrogen and oxygen atoms in total. The lowest BCUT2D eigenvalue weighted by Crippen LogP contribution is -2.49. The Morgan fingerprint density at radius 1 is 1.15 bits per heavy atom. The summed E-state index contributed by atoms with van der Waals surface area (Å²) >= 11 is 0. The highest BCUT2D eigenvalue weighted by Crippen LogP contribution is 2.17. The van der Waals surface area contributed by atoms with Crippen LogP contribution in [0.1, 0.15) is 27.9 Å². The van der Waals surface area contributed by atoms with Crippen LogP contribution in [0.4, 0.5) is 0 Å². The lowest BCUT2D eigenvalue weighted by atomic mass is 10.0. The van der Waals surface area contributed by atoms with Gasteiger partial charge in [0.25, 0.3) is 5.91 Å². The van der Waals surface area contributed by atoms with Crippen LogP contribution in [0.3, 0.4) is 0 Å². The molecule has 0 bridgehead atoms. The molecular formula is C16H25N3O. The van der Waals surface area contributed by atoms with Crippen molar-refractivity contribution in [2.24, 2.45) is 5.73 Å². The molecule has 0 atom stereocenters. The van der Waals surface area contributed by atoms with E-state index in [-0.39, 0.29) is 5.91 Å². The lowest BCUT2D eigenvalue weighted by molar-refractivity contribution is 0.0635. The number of amides is 1. The molecule has 1 aliphatic heterocycles. The first-order chi connectivity index (χ1) is 9.63. The minimum atomic E-state index is 0.180. The van der Waals surface area contributed by atoms with Crippen LogP contribution in [0.15, 0.2) is 18.2 Å². The molecule has 4 heteroatoms. The van der Waals surface area contributed by atoms with Gasteiger partial charge in [-0.2, -0.15) is 0 Å². The Morgan fingerprint density at radius 3 is 2.30 bits per heavy atom. The maximum absolute atomic E-state index is 12.6. The summed E-state index contributed by atoms with van der Waals surface area (Å²) in [6.45, 7) is 9.35. The van der Waals surface area contributed by atoms with Gasteiger partial charge in [0, 0.05) is 31.7 Å². The van der Waals surface area contributed by atoms with Crippen LogP contribution >= 0.6 is 0 Å². The van der Waals surface area contributed by atoms with Gasteiger partial charge in [0.1, 0.15) is 0 Å². The van der Waals surface area contributed by atoms with Crippen LogP contribution in [-0.4, -0.2) is 55.0 Å². The van der Waals surface area contributed by atoms with Crippen LogP contribution in [0.5, 0.6) is 0 Å². The zero-order chi connectivity index (χ0) is 14.5. The predicted molar refractivity (Wildman–Crippen MR) is 81.9 cm³/mol. The van der Waals surface area contributed by atoms with E-state index in [2.05, 4.69) is 4.90 Å². The molecule has 1 aromatic rings. The lowest BCUT2D eigenvalue weighted by Gasteiger charge is -2.35. The summed E-state index contributed by atoms with van der Waals surface area (Å²) in [4.78, 5) is 17.0. The zero-order valence-electron chi connectivity index (χ0n) is 12.6. The van der Waals surface area contributed by atoms with E-state index in [1.165, 1.54) is 0 Å². The second-order valence-corrected chi connectivity index (χ2v) is 5.54. The van der Waals surface area contributed by atoms with Crippen molar-refractivity contribution in [1.29, 1.82) is 0 Å². The molecular weight excluding hydrogens is 250 g/mol. The number of carbonyl (C=O) groups is 1. The summed E-state index contributed by atoms with van der Waals surface area (Å²) in [6, 6.07) is 6.03. The van der Waals surface area contributed by atoms with Gasteiger partial charge < -0.3 is 10.6 Å². The van der Waals surface area contributed by atoms with E-state index in [0.717, 1.165) is 62.4 Å². The number of aryl methyl sites for hydroxylation is 2. The van der Waals surface area contributed by atoms with Gasteiger partial charge in [0.05, 0.1) is 0 Å². The van der Waals surface area contributed by atoms with Crippen molar-refractivity contribution < 1.29 is 4.79 Å². The van der Waals surface area contributed by atoms with Gasteiger partial charge in [-0.3, -0.25) is 9.69 Å². The highest BCUT2D eigenvalue weighted by molar-refractivity contribution is 5.97. The second kappa shape index (κ2) is 6.86. The van der Waals surface area contributed by atoms with Crippen LogP contribution in [0.2, 0.25) is 0 Å². The number of piperazine rings is 1. The Bertz CT molecular complexity index is 445. The molecule has 0 radical (unpaired) electrons. The molecule has 20 heavy (non-hydrogen) atoms. The number of hydrogen-bond acceptors (Lipinski definition) is 3. The third-order valence-electron chi connectivity index (χ3n) is 4.03. The largest absolute Gasteiger partial charge is 0.336 e. The van der Waals surface area contributed by atoms with E-state index in [9.17, 15) is 4.79 Å². The molecule has 0 unspecified atom stereocenters. The standard InChI is InChI=1S/C16H25N3O/c1-13-5-3-6-14(2)15(13)16(20)19-11-9-18(10-12-19)8-4-7-17/h3,5-6H,4,7-12,17H2,1-2H3. The van der Waals surface area contributed by atoms with Crippen molar-refractivity contribution in [2.45, 2.75) is 20.3 Å². The molecule has 0 saturated carbocycles. The first-order valence-electron chi connectivity index (χ1n) is 7.41. The summed E-state index contributed by atoms with van der Waals surface area (Å²) in [6.07, 6.45) is 1.03. The predicted octanol–water partition coefficient (Wildman–Crippen LogP) is 1.41. The molecule has 1 fully saturated rings.